The molecule has 5 nitrogen and oxygen atoms in total. The van der Waals surface area contributed by atoms with E-state index in [9.17, 15) is 9.90 Å². The van der Waals surface area contributed by atoms with Gasteiger partial charge >= 0.3 is 6.09 Å². The number of nitrogens with zero attached hydrogens (tertiary/aromatic N) is 1. The topological polar surface area (TPSA) is 59.0 Å². The zero-order valence-electron chi connectivity index (χ0n) is 15.4. The molecule has 0 bridgehead atoms. The van der Waals surface area contributed by atoms with E-state index in [0.29, 0.717) is 32.8 Å². The number of hydrogen-bond acceptors (Lipinski definition) is 3. The number of carbonyl (C=O) groups is 1. The molecule has 1 atom stereocenters. The van der Waals surface area contributed by atoms with Gasteiger partial charge in [-0.1, -0.05) is 42.5 Å². The lowest BCUT2D eigenvalue weighted by molar-refractivity contribution is 0.110. The lowest BCUT2D eigenvalue weighted by Crippen LogP contribution is -2.38. The van der Waals surface area contributed by atoms with Crippen molar-refractivity contribution >= 4 is 6.09 Å². The molecule has 0 spiro atoms. The summed E-state index contributed by atoms with van der Waals surface area (Å²) < 4.78 is 10.8. The van der Waals surface area contributed by atoms with E-state index >= 15 is 0 Å². The third-order valence-electron chi connectivity index (χ3n) is 4.13. The number of carboxylic acid groups (broad SMARTS) is 1. The zero-order chi connectivity index (χ0) is 18.8. The van der Waals surface area contributed by atoms with Crippen LogP contribution in [0.3, 0.4) is 0 Å². The van der Waals surface area contributed by atoms with Gasteiger partial charge in [0.15, 0.2) is 0 Å². The zero-order valence-corrected chi connectivity index (χ0v) is 15.4. The van der Waals surface area contributed by atoms with Crippen LogP contribution in [0.1, 0.15) is 25.0 Å². The van der Waals surface area contributed by atoms with Gasteiger partial charge in [-0.3, -0.25) is 0 Å². The summed E-state index contributed by atoms with van der Waals surface area (Å²) in [6, 6.07) is 17.3. The SMILES string of the molecule is CCOCCOc1ccc(C[C@@H](C)N(Cc2ccccc2)C(=O)O)cc1. The summed E-state index contributed by atoms with van der Waals surface area (Å²) in [4.78, 5) is 13.1. The van der Waals surface area contributed by atoms with Crippen molar-refractivity contribution in [3.8, 4) is 5.75 Å². The summed E-state index contributed by atoms with van der Waals surface area (Å²) in [7, 11) is 0. The van der Waals surface area contributed by atoms with E-state index in [1.807, 2.05) is 68.4 Å². The predicted molar refractivity (Wildman–Crippen MR) is 102 cm³/mol. The van der Waals surface area contributed by atoms with Crippen LogP contribution in [0.5, 0.6) is 5.75 Å². The van der Waals surface area contributed by atoms with Gasteiger partial charge in [0, 0.05) is 19.2 Å². The summed E-state index contributed by atoms with van der Waals surface area (Å²) >= 11 is 0. The molecule has 5 heteroatoms. The van der Waals surface area contributed by atoms with Crippen LogP contribution in [-0.4, -0.2) is 42.0 Å². The van der Waals surface area contributed by atoms with E-state index < -0.39 is 6.09 Å². The molecule has 0 aliphatic rings. The average Bonchev–Trinajstić information content (AvgIpc) is 2.65. The van der Waals surface area contributed by atoms with Gasteiger partial charge in [-0.2, -0.15) is 0 Å². The van der Waals surface area contributed by atoms with E-state index in [0.717, 1.165) is 16.9 Å². The highest BCUT2D eigenvalue weighted by Crippen LogP contribution is 2.17. The highest BCUT2D eigenvalue weighted by Gasteiger charge is 2.19. The second-order valence-electron chi connectivity index (χ2n) is 6.14. The number of ether oxygens (including phenoxy) is 2. The lowest BCUT2D eigenvalue weighted by atomic mass is 10.1. The molecular weight excluding hydrogens is 330 g/mol. The van der Waals surface area contributed by atoms with Gasteiger partial charge in [0.25, 0.3) is 0 Å². The highest BCUT2D eigenvalue weighted by atomic mass is 16.5. The molecule has 2 aromatic rings. The largest absolute Gasteiger partial charge is 0.491 e. The fourth-order valence-electron chi connectivity index (χ4n) is 2.73. The molecule has 0 saturated heterocycles. The molecule has 26 heavy (non-hydrogen) atoms. The molecule has 140 valence electrons. The maximum absolute atomic E-state index is 11.7. The van der Waals surface area contributed by atoms with Crippen LogP contribution in [0.15, 0.2) is 54.6 Å². The summed E-state index contributed by atoms with van der Waals surface area (Å²) in [5.74, 6) is 0.792. The van der Waals surface area contributed by atoms with Crippen molar-refractivity contribution in [3.05, 3.63) is 65.7 Å². The quantitative estimate of drug-likeness (QED) is 0.647. The fraction of sp³-hybridized carbons (Fsp3) is 0.381. The number of rotatable bonds is 10. The van der Waals surface area contributed by atoms with Crippen LogP contribution in [0, 0.1) is 0 Å². The van der Waals surface area contributed by atoms with Gasteiger partial charge in [-0.15, -0.1) is 0 Å². The molecule has 2 aromatic carbocycles. The lowest BCUT2D eigenvalue weighted by Gasteiger charge is -2.26. The van der Waals surface area contributed by atoms with Crippen LogP contribution >= 0.6 is 0 Å². The minimum atomic E-state index is -0.905. The van der Waals surface area contributed by atoms with Gasteiger partial charge in [0.2, 0.25) is 0 Å². The number of benzene rings is 2. The molecule has 0 aliphatic heterocycles. The molecule has 0 unspecified atom stereocenters. The normalized spacial score (nSPS) is 11.8. The third-order valence-corrected chi connectivity index (χ3v) is 4.13. The molecule has 1 N–H and O–H groups in total. The first-order valence-electron chi connectivity index (χ1n) is 8.93. The fourth-order valence-corrected chi connectivity index (χ4v) is 2.73. The molecule has 0 saturated carbocycles. The Bertz CT molecular complexity index is 657. The summed E-state index contributed by atoms with van der Waals surface area (Å²) in [6.45, 7) is 6.05. The Labute approximate surface area is 155 Å². The van der Waals surface area contributed by atoms with Crippen LogP contribution in [0.25, 0.3) is 0 Å². The van der Waals surface area contributed by atoms with Gasteiger partial charge < -0.3 is 19.5 Å². The van der Waals surface area contributed by atoms with Crippen molar-refractivity contribution in [3.63, 3.8) is 0 Å². The van der Waals surface area contributed by atoms with E-state index in [4.69, 9.17) is 9.47 Å². The minimum absolute atomic E-state index is 0.127. The summed E-state index contributed by atoms with van der Waals surface area (Å²) in [5.41, 5.74) is 2.06. The van der Waals surface area contributed by atoms with Gasteiger partial charge in [-0.05, 0) is 43.5 Å². The van der Waals surface area contributed by atoms with Crippen LogP contribution in [-0.2, 0) is 17.7 Å². The Balaban J connectivity index is 1.91. The van der Waals surface area contributed by atoms with E-state index in [-0.39, 0.29) is 6.04 Å². The van der Waals surface area contributed by atoms with Crippen molar-refractivity contribution in [1.82, 2.24) is 4.90 Å². The van der Waals surface area contributed by atoms with Crippen LogP contribution in [0.4, 0.5) is 4.79 Å². The Morgan fingerprint density at radius 1 is 1.04 bits per heavy atom. The first kappa shape index (κ1) is 19.8. The van der Waals surface area contributed by atoms with Crippen molar-refractivity contribution in [2.45, 2.75) is 32.9 Å². The van der Waals surface area contributed by atoms with Gasteiger partial charge in [0.1, 0.15) is 12.4 Å². The maximum Gasteiger partial charge on any atom is 0.407 e. The first-order valence-corrected chi connectivity index (χ1v) is 8.93. The van der Waals surface area contributed by atoms with E-state index in [1.165, 1.54) is 4.90 Å². The number of amides is 1. The van der Waals surface area contributed by atoms with Crippen molar-refractivity contribution in [2.24, 2.45) is 0 Å². The standard InChI is InChI=1S/C21H27NO4/c1-3-25-13-14-26-20-11-9-18(10-12-20)15-17(2)22(21(23)24)16-19-7-5-4-6-8-19/h4-12,17H,3,13-16H2,1-2H3,(H,23,24)/t17-/m1/s1. The molecule has 1 amide bonds. The average molecular weight is 357 g/mol. The molecular formula is C21H27NO4. The second kappa shape index (κ2) is 10.5. The molecule has 2 rings (SSSR count). The Morgan fingerprint density at radius 3 is 2.35 bits per heavy atom. The van der Waals surface area contributed by atoms with E-state index in [2.05, 4.69) is 0 Å². The monoisotopic (exact) mass is 357 g/mol. The van der Waals surface area contributed by atoms with Crippen LogP contribution in [0.2, 0.25) is 0 Å². The third kappa shape index (κ3) is 6.41. The van der Waals surface area contributed by atoms with E-state index in [1.54, 1.807) is 0 Å². The Kier molecular flexibility index (Phi) is 7.96. The number of hydrogen-bond donors (Lipinski definition) is 1. The molecule has 0 fully saturated rings. The smallest absolute Gasteiger partial charge is 0.407 e. The summed E-state index contributed by atoms with van der Waals surface area (Å²) in [6.07, 6.45) is -0.254. The highest BCUT2D eigenvalue weighted by molar-refractivity contribution is 5.65. The van der Waals surface area contributed by atoms with Crippen molar-refractivity contribution in [2.75, 3.05) is 19.8 Å². The van der Waals surface area contributed by atoms with Crippen molar-refractivity contribution in [1.29, 1.82) is 0 Å². The minimum Gasteiger partial charge on any atom is -0.491 e. The molecule has 0 radical (unpaired) electrons. The maximum atomic E-state index is 11.7. The van der Waals surface area contributed by atoms with Gasteiger partial charge in [0.05, 0.1) is 6.61 Å². The summed E-state index contributed by atoms with van der Waals surface area (Å²) in [5, 5.41) is 9.56. The second-order valence-corrected chi connectivity index (χ2v) is 6.14. The van der Waals surface area contributed by atoms with Crippen molar-refractivity contribution < 1.29 is 19.4 Å². The van der Waals surface area contributed by atoms with Gasteiger partial charge in [-0.25, -0.2) is 4.79 Å². The van der Waals surface area contributed by atoms with Crippen LogP contribution < -0.4 is 4.74 Å². The Hall–Kier alpha value is -2.53. The first-order chi connectivity index (χ1) is 12.6. The molecule has 0 aliphatic carbocycles. The Morgan fingerprint density at radius 2 is 1.73 bits per heavy atom. The molecule has 0 heterocycles. The predicted octanol–water partition coefficient (Wildman–Crippen LogP) is 4.21. The molecule has 0 aromatic heterocycles.